The first-order valence-electron chi connectivity index (χ1n) is 8.09. The van der Waals surface area contributed by atoms with E-state index in [4.69, 9.17) is 25.8 Å². The number of halogens is 1. The van der Waals surface area contributed by atoms with E-state index in [0.29, 0.717) is 41.8 Å². The number of amides is 1. The van der Waals surface area contributed by atoms with Crippen LogP contribution in [0.3, 0.4) is 0 Å². The molecule has 0 saturated carbocycles. The Hall–Kier alpha value is -2.40. The summed E-state index contributed by atoms with van der Waals surface area (Å²) in [6.45, 7) is 2.65. The number of rotatable bonds is 9. The van der Waals surface area contributed by atoms with Crippen LogP contribution in [0.1, 0.15) is 13.3 Å². The molecule has 0 aliphatic heterocycles. The number of nitrogens with one attached hydrogen (secondary N) is 1. The molecule has 0 aromatic heterocycles. The van der Waals surface area contributed by atoms with Crippen molar-refractivity contribution in [2.75, 3.05) is 20.3 Å². The molecule has 134 valence electrons. The van der Waals surface area contributed by atoms with Crippen LogP contribution >= 0.6 is 11.6 Å². The smallest absolute Gasteiger partial charge is 0.261 e. The van der Waals surface area contributed by atoms with Gasteiger partial charge in [-0.3, -0.25) is 4.79 Å². The van der Waals surface area contributed by atoms with Gasteiger partial charge < -0.3 is 19.5 Å². The highest BCUT2D eigenvalue weighted by atomic mass is 35.5. The number of carbonyl (C=O) groups excluding carboxylic acids is 1. The van der Waals surface area contributed by atoms with E-state index in [-0.39, 0.29) is 5.91 Å². The Labute approximate surface area is 152 Å². The normalized spacial score (nSPS) is 11.5. The third-order valence-corrected chi connectivity index (χ3v) is 3.72. The highest BCUT2D eigenvalue weighted by Crippen LogP contribution is 2.20. The number of hydrogen-bond acceptors (Lipinski definition) is 4. The maximum absolute atomic E-state index is 12.2. The van der Waals surface area contributed by atoms with E-state index in [0.717, 1.165) is 0 Å². The SMILES string of the molecule is CCC(Oc1cccc(OC)c1)C(=O)NCCOc1ccc(Cl)cc1. The number of methoxy groups -OCH3 is 1. The van der Waals surface area contributed by atoms with Crippen LogP contribution in [0, 0.1) is 0 Å². The molecule has 0 bridgehead atoms. The molecule has 0 aliphatic carbocycles. The van der Waals surface area contributed by atoms with Gasteiger partial charge in [0.2, 0.25) is 0 Å². The summed E-state index contributed by atoms with van der Waals surface area (Å²) in [5.41, 5.74) is 0. The van der Waals surface area contributed by atoms with Crippen LogP contribution in [0.4, 0.5) is 0 Å². The zero-order valence-corrected chi connectivity index (χ0v) is 15.1. The third-order valence-electron chi connectivity index (χ3n) is 3.47. The minimum atomic E-state index is -0.567. The van der Waals surface area contributed by atoms with Gasteiger partial charge >= 0.3 is 0 Å². The maximum Gasteiger partial charge on any atom is 0.261 e. The summed E-state index contributed by atoms with van der Waals surface area (Å²) in [5.74, 6) is 1.81. The molecule has 25 heavy (non-hydrogen) atoms. The molecule has 2 rings (SSSR count). The molecule has 5 nitrogen and oxygen atoms in total. The Kier molecular flexibility index (Phi) is 7.41. The van der Waals surface area contributed by atoms with E-state index in [2.05, 4.69) is 5.32 Å². The average molecular weight is 364 g/mol. The van der Waals surface area contributed by atoms with Gasteiger partial charge in [0.15, 0.2) is 6.10 Å². The van der Waals surface area contributed by atoms with Crippen LogP contribution in [-0.2, 0) is 4.79 Å². The fourth-order valence-corrected chi connectivity index (χ4v) is 2.27. The minimum absolute atomic E-state index is 0.176. The Morgan fingerprint density at radius 2 is 1.84 bits per heavy atom. The lowest BCUT2D eigenvalue weighted by molar-refractivity contribution is -0.128. The zero-order valence-electron chi connectivity index (χ0n) is 14.3. The van der Waals surface area contributed by atoms with E-state index in [1.807, 2.05) is 19.1 Å². The van der Waals surface area contributed by atoms with Crippen molar-refractivity contribution in [1.29, 1.82) is 0 Å². The Bertz CT molecular complexity index is 675. The lowest BCUT2D eigenvalue weighted by atomic mass is 10.2. The second-order valence-electron chi connectivity index (χ2n) is 5.29. The molecule has 0 saturated heterocycles. The molecule has 6 heteroatoms. The van der Waals surface area contributed by atoms with E-state index in [1.54, 1.807) is 43.5 Å². The Morgan fingerprint density at radius 1 is 1.12 bits per heavy atom. The summed E-state index contributed by atoms with van der Waals surface area (Å²) < 4.78 is 16.4. The molecule has 0 aliphatic rings. The standard InChI is InChI=1S/C19H22ClNO4/c1-3-18(25-17-6-4-5-16(13-17)23-2)19(22)21-11-12-24-15-9-7-14(20)8-10-15/h4-10,13,18H,3,11-12H2,1-2H3,(H,21,22). The first-order chi connectivity index (χ1) is 12.1. The highest BCUT2D eigenvalue weighted by Gasteiger charge is 2.18. The molecule has 1 amide bonds. The van der Waals surface area contributed by atoms with Crippen LogP contribution in [0.2, 0.25) is 5.02 Å². The Balaban J connectivity index is 1.78. The molecule has 0 radical (unpaired) electrons. The summed E-state index contributed by atoms with van der Waals surface area (Å²) in [5, 5.41) is 3.47. The molecule has 2 aromatic carbocycles. The molecule has 1 N–H and O–H groups in total. The first-order valence-corrected chi connectivity index (χ1v) is 8.47. The molecular weight excluding hydrogens is 342 g/mol. The number of hydrogen-bond donors (Lipinski definition) is 1. The molecule has 0 heterocycles. The van der Waals surface area contributed by atoms with Gasteiger partial charge in [0.05, 0.1) is 13.7 Å². The van der Waals surface area contributed by atoms with Gasteiger partial charge in [0, 0.05) is 11.1 Å². The van der Waals surface area contributed by atoms with E-state index in [9.17, 15) is 4.79 Å². The first kappa shape index (κ1) is 18.9. The van der Waals surface area contributed by atoms with Gasteiger partial charge in [-0.05, 0) is 42.8 Å². The van der Waals surface area contributed by atoms with E-state index in [1.165, 1.54) is 0 Å². The monoisotopic (exact) mass is 363 g/mol. The number of carbonyl (C=O) groups is 1. The zero-order chi connectivity index (χ0) is 18.1. The van der Waals surface area contributed by atoms with Crippen LogP contribution in [0.5, 0.6) is 17.2 Å². The van der Waals surface area contributed by atoms with Gasteiger partial charge in [-0.1, -0.05) is 24.6 Å². The molecular formula is C19H22ClNO4. The second kappa shape index (κ2) is 9.79. The van der Waals surface area contributed by atoms with Crippen LogP contribution in [0.15, 0.2) is 48.5 Å². The van der Waals surface area contributed by atoms with Crippen molar-refractivity contribution >= 4 is 17.5 Å². The quantitative estimate of drug-likeness (QED) is 0.690. The van der Waals surface area contributed by atoms with Crippen LogP contribution < -0.4 is 19.5 Å². The summed E-state index contributed by atoms with van der Waals surface area (Å²) in [7, 11) is 1.59. The summed E-state index contributed by atoms with van der Waals surface area (Å²) in [6.07, 6.45) is -0.0104. The van der Waals surface area contributed by atoms with Crippen molar-refractivity contribution in [2.24, 2.45) is 0 Å². The van der Waals surface area contributed by atoms with E-state index < -0.39 is 6.10 Å². The van der Waals surface area contributed by atoms with Crippen LogP contribution in [-0.4, -0.2) is 32.3 Å². The summed E-state index contributed by atoms with van der Waals surface area (Å²) in [6, 6.07) is 14.3. The molecule has 0 fully saturated rings. The van der Waals surface area contributed by atoms with E-state index >= 15 is 0 Å². The van der Waals surface area contributed by atoms with Crippen LogP contribution in [0.25, 0.3) is 0 Å². The third kappa shape index (κ3) is 6.19. The van der Waals surface area contributed by atoms with Gasteiger partial charge in [-0.2, -0.15) is 0 Å². The fourth-order valence-electron chi connectivity index (χ4n) is 2.15. The van der Waals surface area contributed by atoms with Crippen molar-refractivity contribution in [1.82, 2.24) is 5.32 Å². The topological polar surface area (TPSA) is 56.8 Å². The highest BCUT2D eigenvalue weighted by molar-refractivity contribution is 6.30. The van der Waals surface area contributed by atoms with Crippen molar-refractivity contribution in [3.8, 4) is 17.2 Å². The molecule has 1 unspecified atom stereocenters. The summed E-state index contributed by atoms with van der Waals surface area (Å²) in [4.78, 5) is 12.2. The van der Waals surface area contributed by atoms with Gasteiger partial charge in [0.1, 0.15) is 23.9 Å². The number of ether oxygens (including phenoxy) is 3. The van der Waals surface area contributed by atoms with Crippen molar-refractivity contribution < 1.29 is 19.0 Å². The average Bonchev–Trinajstić information content (AvgIpc) is 2.64. The van der Waals surface area contributed by atoms with Crippen molar-refractivity contribution in [3.63, 3.8) is 0 Å². The van der Waals surface area contributed by atoms with Crippen molar-refractivity contribution in [2.45, 2.75) is 19.4 Å². The predicted octanol–water partition coefficient (Wildman–Crippen LogP) is 3.70. The minimum Gasteiger partial charge on any atom is -0.497 e. The largest absolute Gasteiger partial charge is 0.497 e. The van der Waals surface area contributed by atoms with Gasteiger partial charge in [-0.25, -0.2) is 0 Å². The molecule has 2 aromatic rings. The van der Waals surface area contributed by atoms with Gasteiger partial charge in [-0.15, -0.1) is 0 Å². The maximum atomic E-state index is 12.2. The molecule has 0 spiro atoms. The lowest BCUT2D eigenvalue weighted by Gasteiger charge is -2.17. The predicted molar refractivity (Wildman–Crippen MR) is 97.7 cm³/mol. The lowest BCUT2D eigenvalue weighted by Crippen LogP contribution is -2.39. The summed E-state index contributed by atoms with van der Waals surface area (Å²) >= 11 is 5.82. The van der Waals surface area contributed by atoms with Crippen molar-refractivity contribution in [3.05, 3.63) is 53.6 Å². The Morgan fingerprint density at radius 3 is 2.52 bits per heavy atom. The molecule has 1 atom stereocenters. The fraction of sp³-hybridized carbons (Fsp3) is 0.316. The van der Waals surface area contributed by atoms with Gasteiger partial charge in [0.25, 0.3) is 5.91 Å². The number of benzene rings is 2. The second-order valence-corrected chi connectivity index (χ2v) is 5.72.